The van der Waals surface area contributed by atoms with Gasteiger partial charge in [0.15, 0.2) is 11.2 Å². The number of carbonyl (C=O) groups excluding carboxylic acids is 1. The molecule has 0 bridgehead atoms. The van der Waals surface area contributed by atoms with Gasteiger partial charge in [0.2, 0.25) is 0 Å². The molecule has 1 aromatic carbocycles. The van der Waals surface area contributed by atoms with Crippen molar-refractivity contribution in [1.29, 1.82) is 0 Å². The van der Waals surface area contributed by atoms with Crippen LogP contribution in [0.15, 0.2) is 24.3 Å². The van der Waals surface area contributed by atoms with Crippen LogP contribution in [0.2, 0.25) is 0 Å². The number of anilines is 1. The van der Waals surface area contributed by atoms with Crippen LogP contribution in [0.3, 0.4) is 0 Å². The molecule has 1 amide bonds. The van der Waals surface area contributed by atoms with E-state index in [-0.39, 0.29) is 12.5 Å². The van der Waals surface area contributed by atoms with Crippen LogP contribution in [0.1, 0.15) is 30.0 Å². The number of nitrogens with zero attached hydrogens (tertiary/aromatic N) is 1. The molecule has 1 aromatic heterocycles. The second-order valence-electron chi connectivity index (χ2n) is 4.93. The average Bonchev–Trinajstić information content (AvgIpc) is 2.87. The first-order chi connectivity index (χ1) is 10.5. The molecule has 0 aliphatic carbocycles. The number of carbonyl (C=O) groups is 1. The number of aliphatic hydroxyl groups excluding tert-OH is 1. The first-order valence-corrected chi connectivity index (χ1v) is 7.98. The number of benzene rings is 1. The Kier molecular flexibility index (Phi) is 5.51. The number of amides is 1. The van der Waals surface area contributed by atoms with Crippen molar-refractivity contribution in [2.45, 2.75) is 39.9 Å². The van der Waals surface area contributed by atoms with Gasteiger partial charge in [-0.25, -0.2) is 4.98 Å². The molecule has 5 nitrogen and oxygen atoms in total. The zero-order chi connectivity index (χ0) is 16.1. The van der Waals surface area contributed by atoms with E-state index in [1.165, 1.54) is 11.3 Å². The fourth-order valence-corrected chi connectivity index (χ4v) is 2.90. The summed E-state index contributed by atoms with van der Waals surface area (Å²) in [5.74, 6) is 0.310. The van der Waals surface area contributed by atoms with Gasteiger partial charge in [0.1, 0.15) is 5.75 Å². The number of rotatable bonds is 6. The Morgan fingerprint density at radius 1 is 1.50 bits per heavy atom. The van der Waals surface area contributed by atoms with Crippen molar-refractivity contribution < 1.29 is 14.6 Å². The van der Waals surface area contributed by atoms with E-state index in [1.54, 1.807) is 31.2 Å². The van der Waals surface area contributed by atoms with E-state index in [0.717, 1.165) is 22.6 Å². The molecule has 1 atom stereocenters. The van der Waals surface area contributed by atoms with Crippen LogP contribution >= 0.6 is 11.3 Å². The average molecular weight is 320 g/mol. The smallest absolute Gasteiger partial charge is 0.266 e. The summed E-state index contributed by atoms with van der Waals surface area (Å²) >= 11 is 1.47. The third-order valence-electron chi connectivity index (χ3n) is 3.22. The Morgan fingerprint density at radius 3 is 2.91 bits per heavy atom. The monoisotopic (exact) mass is 320 g/mol. The van der Waals surface area contributed by atoms with Crippen molar-refractivity contribution >= 4 is 22.4 Å². The number of nitrogens with one attached hydrogen (secondary N) is 1. The van der Waals surface area contributed by atoms with Gasteiger partial charge >= 0.3 is 0 Å². The topological polar surface area (TPSA) is 71.5 Å². The van der Waals surface area contributed by atoms with Crippen LogP contribution < -0.4 is 10.1 Å². The summed E-state index contributed by atoms with van der Waals surface area (Å²) in [6.45, 7) is 5.65. The quantitative estimate of drug-likeness (QED) is 0.858. The minimum atomic E-state index is -0.650. The normalized spacial score (nSPS) is 12.0. The lowest BCUT2D eigenvalue weighted by Crippen LogP contribution is -2.30. The van der Waals surface area contributed by atoms with Crippen LogP contribution in [0, 0.1) is 6.92 Å². The van der Waals surface area contributed by atoms with E-state index >= 15 is 0 Å². The summed E-state index contributed by atoms with van der Waals surface area (Å²) in [7, 11) is 0. The number of ether oxygens (including phenoxy) is 1. The van der Waals surface area contributed by atoms with E-state index in [9.17, 15) is 4.79 Å². The van der Waals surface area contributed by atoms with E-state index in [4.69, 9.17) is 9.84 Å². The summed E-state index contributed by atoms with van der Waals surface area (Å²) in [5, 5.41) is 12.5. The molecule has 0 aliphatic rings. The van der Waals surface area contributed by atoms with Crippen LogP contribution in [0.4, 0.5) is 5.13 Å². The van der Waals surface area contributed by atoms with Crippen LogP contribution in [0.5, 0.6) is 5.75 Å². The lowest BCUT2D eigenvalue weighted by molar-refractivity contribution is -0.122. The molecule has 1 unspecified atom stereocenters. The number of aliphatic hydroxyl groups is 1. The zero-order valence-electron chi connectivity index (χ0n) is 12.9. The van der Waals surface area contributed by atoms with E-state index in [1.807, 2.05) is 13.8 Å². The zero-order valence-corrected chi connectivity index (χ0v) is 13.7. The third-order valence-corrected chi connectivity index (χ3v) is 4.15. The first kappa shape index (κ1) is 16.5. The van der Waals surface area contributed by atoms with Crippen molar-refractivity contribution in [3.8, 4) is 5.75 Å². The van der Waals surface area contributed by atoms with Gasteiger partial charge in [0, 0.05) is 4.88 Å². The molecule has 0 spiro atoms. The highest BCUT2D eigenvalue weighted by Crippen LogP contribution is 2.23. The maximum atomic E-state index is 12.2. The Balaban J connectivity index is 1.99. The van der Waals surface area contributed by atoms with Gasteiger partial charge < -0.3 is 9.84 Å². The van der Waals surface area contributed by atoms with Crippen LogP contribution in [-0.4, -0.2) is 22.1 Å². The highest BCUT2D eigenvalue weighted by molar-refractivity contribution is 7.15. The predicted molar refractivity (Wildman–Crippen MR) is 87.3 cm³/mol. The largest absolute Gasteiger partial charge is 0.481 e. The first-order valence-electron chi connectivity index (χ1n) is 7.17. The fraction of sp³-hybridized carbons (Fsp3) is 0.375. The number of aryl methyl sites for hydroxylation is 2. The standard InChI is InChI=1S/C16H20N2O3S/c1-4-14-11(3)22-16(17-14)18-15(20)10(2)21-13-7-5-6-12(8-13)9-19/h5-8,10,19H,4,9H2,1-3H3,(H,17,18,20). The van der Waals surface area contributed by atoms with Crippen molar-refractivity contribution in [2.75, 3.05) is 5.32 Å². The van der Waals surface area contributed by atoms with Gasteiger partial charge in [-0.15, -0.1) is 11.3 Å². The minimum Gasteiger partial charge on any atom is -0.481 e. The van der Waals surface area contributed by atoms with E-state index in [0.29, 0.717) is 10.9 Å². The molecule has 0 saturated carbocycles. The molecule has 22 heavy (non-hydrogen) atoms. The lowest BCUT2D eigenvalue weighted by atomic mass is 10.2. The summed E-state index contributed by atoms with van der Waals surface area (Å²) in [5.41, 5.74) is 1.75. The molecule has 0 saturated heterocycles. The Bertz CT molecular complexity index is 655. The Hall–Kier alpha value is -1.92. The summed E-state index contributed by atoms with van der Waals surface area (Å²) in [6.07, 6.45) is 0.196. The molecular weight excluding hydrogens is 300 g/mol. The Morgan fingerprint density at radius 2 is 2.27 bits per heavy atom. The molecule has 0 radical (unpaired) electrons. The minimum absolute atomic E-state index is 0.0596. The molecule has 2 rings (SSSR count). The lowest BCUT2D eigenvalue weighted by Gasteiger charge is -2.14. The number of hydrogen-bond acceptors (Lipinski definition) is 5. The fourth-order valence-electron chi connectivity index (χ4n) is 1.99. The van der Waals surface area contributed by atoms with Crippen molar-refractivity contribution in [1.82, 2.24) is 4.98 Å². The second kappa shape index (κ2) is 7.38. The van der Waals surface area contributed by atoms with Crippen molar-refractivity contribution in [3.63, 3.8) is 0 Å². The van der Waals surface area contributed by atoms with Crippen LogP contribution in [0.25, 0.3) is 0 Å². The summed E-state index contributed by atoms with van der Waals surface area (Å²) in [6, 6.07) is 7.05. The predicted octanol–water partition coefficient (Wildman–Crippen LogP) is 2.91. The second-order valence-corrected chi connectivity index (χ2v) is 6.13. The highest BCUT2D eigenvalue weighted by atomic mass is 32.1. The van der Waals surface area contributed by atoms with Gasteiger partial charge in [-0.05, 0) is 38.0 Å². The van der Waals surface area contributed by atoms with Gasteiger partial charge in [-0.3, -0.25) is 10.1 Å². The third kappa shape index (κ3) is 4.05. The molecule has 6 heteroatoms. The molecule has 2 N–H and O–H groups in total. The molecule has 118 valence electrons. The van der Waals surface area contributed by atoms with Gasteiger partial charge in [0.05, 0.1) is 12.3 Å². The molecule has 2 aromatic rings. The highest BCUT2D eigenvalue weighted by Gasteiger charge is 2.17. The number of aromatic nitrogens is 1. The summed E-state index contributed by atoms with van der Waals surface area (Å²) in [4.78, 5) is 17.7. The van der Waals surface area contributed by atoms with Crippen molar-refractivity contribution in [3.05, 3.63) is 40.4 Å². The maximum Gasteiger partial charge on any atom is 0.266 e. The maximum absolute atomic E-state index is 12.2. The van der Waals surface area contributed by atoms with Crippen molar-refractivity contribution in [2.24, 2.45) is 0 Å². The van der Waals surface area contributed by atoms with Gasteiger partial charge in [0.25, 0.3) is 5.91 Å². The summed E-state index contributed by atoms with van der Waals surface area (Å²) < 4.78 is 5.61. The van der Waals surface area contributed by atoms with Crippen LogP contribution in [-0.2, 0) is 17.8 Å². The number of thiazole rings is 1. The van der Waals surface area contributed by atoms with E-state index in [2.05, 4.69) is 10.3 Å². The molecule has 0 fully saturated rings. The molecule has 0 aliphatic heterocycles. The number of hydrogen-bond donors (Lipinski definition) is 2. The Labute approximate surface area is 134 Å². The van der Waals surface area contributed by atoms with E-state index < -0.39 is 6.10 Å². The SMILES string of the molecule is CCc1nc(NC(=O)C(C)Oc2cccc(CO)c2)sc1C. The van der Waals surface area contributed by atoms with Gasteiger partial charge in [-0.1, -0.05) is 19.1 Å². The molecular formula is C16H20N2O3S. The molecule has 1 heterocycles. The van der Waals surface area contributed by atoms with Gasteiger partial charge in [-0.2, -0.15) is 0 Å².